The first-order chi connectivity index (χ1) is 19.0. The number of ether oxygens (including phenoxy) is 1. The van der Waals surface area contributed by atoms with E-state index in [0.29, 0.717) is 23.6 Å². The van der Waals surface area contributed by atoms with Gasteiger partial charge in [-0.3, -0.25) is 14.4 Å². The summed E-state index contributed by atoms with van der Waals surface area (Å²) in [5.74, 6) is -1.28. The molecule has 2 aliphatic carbocycles. The number of benzene rings is 2. The third kappa shape index (κ3) is 5.20. The van der Waals surface area contributed by atoms with Gasteiger partial charge in [0, 0.05) is 30.3 Å². The first kappa shape index (κ1) is 27.8. The van der Waals surface area contributed by atoms with Crippen LogP contribution in [0.1, 0.15) is 56.7 Å². The Hall–Kier alpha value is -3.79. The summed E-state index contributed by atoms with van der Waals surface area (Å²) in [5.41, 5.74) is 7.10. The van der Waals surface area contributed by atoms with Crippen molar-refractivity contribution in [1.29, 1.82) is 0 Å². The predicted octanol–water partition coefficient (Wildman–Crippen LogP) is 3.70. The van der Waals surface area contributed by atoms with Crippen LogP contribution in [0.2, 0.25) is 0 Å². The Kier molecular flexibility index (Phi) is 7.39. The molecule has 5 rings (SSSR count). The quantitative estimate of drug-likeness (QED) is 0.491. The lowest BCUT2D eigenvalue weighted by atomic mass is 9.94. The van der Waals surface area contributed by atoms with E-state index in [0.717, 1.165) is 28.9 Å². The van der Waals surface area contributed by atoms with Crippen molar-refractivity contribution in [2.24, 2.45) is 17.6 Å². The number of rotatable bonds is 9. The van der Waals surface area contributed by atoms with Crippen LogP contribution in [0.5, 0.6) is 0 Å². The number of hydrogen-bond acceptors (Lipinski definition) is 6. The molecular weight excluding hydrogens is 515 g/mol. The van der Waals surface area contributed by atoms with E-state index in [9.17, 15) is 23.6 Å². The summed E-state index contributed by atoms with van der Waals surface area (Å²) in [7, 11) is 0. The molecule has 4 amide bonds. The van der Waals surface area contributed by atoms with E-state index in [1.807, 2.05) is 20.8 Å². The molecule has 10 heteroatoms. The lowest BCUT2D eigenvalue weighted by Gasteiger charge is -2.30. The number of nitrogens with one attached hydrogen (secondary N) is 1. The van der Waals surface area contributed by atoms with Gasteiger partial charge in [-0.05, 0) is 73.4 Å². The summed E-state index contributed by atoms with van der Waals surface area (Å²) < 4.78 is 19.1. The summed E-state index contributed by atoms with van der Waals surface area (Å²) in [6.45, 7) is 5.50. The molecule has 0 radical (unpaired) electrons. The van der Waals surface area contributed by atoms with Gasteiger partial charge in [0.2, 0.25) is 17.4 Å². The minimum absolute atomic E-state index is 0.0270. The number of nitrogens with two attached hydrogens (primary N) is 1. The Labute approximate surface area is 232 Å². The fourth-order valence-corrected chi connectivity index (χ4v) is 5.56. The monoisotopic (exact) mass is 550 g/mol. The zero-order valence-corrected chi connectivity index (χ0v) is 23.0. The zero-order chi connectivity index (χ0) is 28.8. The number of carbonyl (C=O) groups excluding carboxylic acids is 4. The first-order valence-corrected chi connectivity index (χ1v) is 13.8. The average Bonchev–Trinajstić information content (AvgIpc) is 3.68. The molecule has 3 aliphatic rings. The molecule has 40 heavy (non-hydrogen) atoms. The highest BCUT2D eigenvalue weighted by atomic mass is 19.1. The van der Waals surface area contributed by atoms with Gasteiger partial charge in [0.05, 0.1) is 6.04 Å². The molecule has 1 heterocycles. The molecule has 9 nitrogen and oxygen atoms in total. The Morgan fingerprint density at radius 3 is 2.50 bits per heavy atom. The minimum atomic E-state index is -1.49. The van der Waals surface area contributed by atoms with Gasteiger partial charge in [-0.15, -0.1) is 0 Å². The Bertz CT molecular complexity index is 1340. The highest BCUT2D eigenvalue weighted by molar-refractivity contribution is 6.06. The maximum atomic E-state index is 13.7. The molecule has 2 aromatic rings. The second-order valence-corrected chi connectivity index (χ2v) is 11.4. The molecule has 1 spiro atoms. The Morgan fingerprint density at radius 1 is 1.15 bits per heavy atom. The van der Waals surface area contributed by atoms with Crippen molar-refractivity contribution in [2.75, 3.05) is 11.9 Å². The Balaban J connectivity index is 1.32. The molecule has 3 N–H and O–H groups in total. The molecule has 1 saturated carbocycles. The molecule has 1 unspecified atom stereocenters. The molecule has 1 saturated heterocycles. The average molecular weight is 551 g/mol. The van der Waals surface area contributed by atoms with Crippen molar-refractivity contribution in [3.8, 4) is 0 Å². The van der Waals surface area contributed by atoms with E-state index in [1.165, 1.54) is 12.1 Å². The number of hydrogen-bond donors (Lipinski definition) is 2. The third-order valence-corrected chi connectivity index (χ3v) is 8.32. The second kappa shape index (κ2) is 10.6. The second-order valence-electron chi connectivity index (χ2n) is 11.4. The van der Waals surface area contributed by atoms with Crippen molar-refractivity contribution < 1.29 is 28.3 Å². The van der Waals surface area contributed by atoms with E-state index in [4.69, 9.17) is 10.5 Å². The van der Waals surface area contributed by atoms with Gasteiger partial charge in [-0.25, -0.2) is 14.1 Å². The van der Waals surface area contributed by atoms with Crippen molar-refractivity contribution in [3.05, 3.63) is 65.0 Å². The summed E-state index contributed by atoms with van der Waals surface area (Å²) in [5, 5.41) is 2.81. The van der Waals surface area contributed by atoms with Gasteiger partial charge in [-0.2, -0.15) is 0 Å². The van der Waals surface area contributed by atoms with E-state index in [-0.39, 0.29) is 42.6 Å². The van der Waals surface area contributed by atoms with Crippen molar-refractivity contribution >= 4 is 29.5 Å². The molecule has 212 valence electrons. The summed E-state index contributed by atoms with van der Waals surface area (Å²) in [6.07, 6.45) is 1.87. The number of anilines is 1. The van der Waals surface area contributed by atoms with Crippen LogP contribution in [-0.4, -0.2) is 52.2 Å². The fraction of sp³-hybridized carbons (Fsp3) is 0.467. The molecule has 2 aromatic carbocycles. The molecule has 0 bridgehead atoms. The van der Waals surface area contributed by atoms with Crippen molar-refractivity contribution in [2.45, 2.75) is 70.7 Å². The van der Waals surface area contributed by atoms with Gasteiger partial charge >= 0.3 is 6.09 Å². The maximum absolute atomic E-state index is 13.7. The fourth-order valence-electron chi connectivity index (χ4n) is 5.56. The summed E-state index contributed by atoms with van der Waals surface area (Å²) in [6, 6.07) is 10.3. The third-order valence-electron chi connectivity index (χ3n) is 8.32. The van der Waals surface area contributed by atoms with Crippen LogP contribution in [0, 0.1) is 17.7 Å². The summed E-state index contributed by atoms with van der Waals surface area (Å²) >= 11 is 0. The molecule has 2 fully saturated rings. The number of amides is 4. The molecular formula is C30H35FN4O5. The highest BCUT2D eigenvalue weighted by Gasteiger charge is 2.58. The molecule has 0 aromatic heterocycles. The number of imide groups is 1. The number of aryl methyl sites for hydroxylation is 1. The lowest BCUT2D eigenvalue weighted by molar-refractivity contribution is -0.143. The van der Waals surface area contributed by atoms with Gasteiger partial charge in [0.1, 0.15) is 12.4 Å². The number of halogens is 1. The van der Waals surface area contributed by atoms with E-state index < -0.39 is 30.2 Å². The normalized spacial score (nSPS) is 21.4. The van der Waals surface area contributed by atoms with Crippen LogP contribution in [-0.2, 0) is 37.7 Å². The topological polar surface area (TPSA) is 122 Å². The van der Waals surface area contributed by atoms with Crippen molar-refractivity contribution in [1.82, 2.24) is 9.80 Å². The SMILES string of the molecule is CC(C)[C@@H](N)C(=O)Nc1ccc2c(c1)CCC21OC(=O)N(CC(=O)N(Cc2ccc(F)cc2)[C@@H](C)C2CC2)C1=O. The smallest absolute Gasteiger partial charge is 0.418 e. The van der Waals surface area contributed by atoms with Crippen LogP contribution >= 0.6 is 0 Å². The van der Waals surface area contributed by atoms with E-state index >= 15 is 0 Å². The van der Waals surface area contributed by atoms with Gasteiger partial charge < -0.3 is 20.7 Å². The summed E-state index contributed by atoms with van der Waals surface area (Å²) in [4.78, 5) is 55.2. The lowest BCUT2D eigenvalue weighted by Crippen LogP contribution is -2.47. The van der Waals surface area contributed by atoms with Gasteiger partial charge in [0.15, 0.2) is 0 Å². The van der Waals surface area contributed by atoms with Crippen LogP contribution in [0.3, 0.4) is 0 Å². The van der Waals surface area contributed by atoms with Crippen LogP contribution < -0.4 is 11.1 Å². The van der Waals surface area contributed by atoms with Gasteiger partial charge in [0.25, 0.3) is 5.91 Å². The zero-order valence-electron chi connectivity index (χ0n) is 23.0. The number of nitrogens with zero attached hydrogens (tertiary/aromatic N) is 2. The maximum Gasteiger partial charge on any atom is 0.418 e. The standard InChI is InChI=1S/C30H35FN4O5/c1-17(2)26(32)27(37)33-23-10-11-24-21(14-23)12-13-30(24)28(38)35(29(39)40-30)16-25(36)34(18(3)20-6-7-20)15-19-4-8-22(31)9-5-19/h4-5,8-11,14,17-18,20,26H,6-7,12-13,15-16,32H2,1-3H3,(H,33,37)/t18-,26+,30?/m0/s1. The van der Waals surface area contributed by atoms with Crippen LogP contribution in [0.15, 0.2) is 42.5 Å². The molecule has 1 aliphatic heterocycles. The first-order valence-electron chi connectivity index (χ1n) is 13.8. The molecule has 3 atom stereocenters. The largest absolute Gasteiger partial charge is 0.427 e. The van der Waals surface area contributed by atoms with E-state index in [2.05, 4.69) is 5.32 Å². The minimum Gasteiger partial charge on any atom is -0.427 e. The Morgan fingerprint density at radius 2 is 1.85 bits per heavy atom. The van der Waals surface area contributed by atoms with E-state index in [1.54, 1.807) is 35.2 Å². The van der Waals surface area contributed by atoms with Crippen LogP contribution in [0.4, 0.5) is 14.9 Å². The van der Waals surface area contributed by atoms with Crippen molar-refractivity contribution in [3.63, 3.8) is 0 Å². The number of fused-ring (bicyclic) bond motifs is 2. The highest BCUT2D eigenvalue weighted by Crippen LogP contribution is 2.46. The number of carbonyl (C=O) groups is 4. The van der Waals surface area contributed by atoms with Gasteiger partial charge in [-0.1, -0.05) is 32.0 Å². The van der Waals surface area contributed by atoms with Crippen LogP contribution in [0.25, 0.3) is 0 Å². The predicted molar refractivity (Wildman–Crippen MR) is 145 cm³/mol.